The van der Waals surface area contributed by atoms with Gasteiger partial charge in [0.1, 0.15) is 23.2 Å². The molecule has 0 aromatic heterocycles. The van der Waals surface area contributed by atoms with Crippen LogP contribution in [0.1, 0.15) is 40.2 Å². The number of likely N-dealkylation sites (N-methyl/N-ethyl adjacent to an activating group) is 1. The molecular weight excluding hydrogens is 282 g/mol. The highest BCUT2D eigenvalue weighted by atomic mass is 16.6. The van der Waals surface area contributed by atoms with E-state index in [1.807, 2.05) is 19.1 Å². The molecule has 1 aromatic carbocycles. The molecule has 0 spiro atoms. The molecule has 122 valence electrons. The average molecular weight is 307 g/mol. The number of rotatable bonds is 5. The van der Waals surface area contributed by atoms with Crippen molar-refractivity contribution in [1.29, 1.82) is 0 Å². The maximum absolute atomic E-state index is 12.3. The fourth-order valence-corrected chi connectivity index (χ4v) is 2.01. The molecule has 1 amide bonds. The van der Waals surface area contributed by atoms with Crippen LogP contribution < -0.4 is 4.74 Å². The molecule has 0 radical (unpaired) electrons. The van der Waals surface area contributed by atoms with E-state index in [9.17, 15) is 9.59 Å². The van der Waals surface area contributed by atoms with E-state index in [1.165, 1.54) is 4.90 Å². The molecule has 1 unspecified atom stereocenters. The molecule has 5 heteroatoms. The first-order chi connectivity index (χ1) is 10.2. The molecule has 0 saturated carbocycles. The third-order valence-corrected chi connectivity index (χ3v) is 3.33. The molecule has 0 heterocycles. The van der Waals surface area contributed by atoms with E-state index in [0.29, 0.717) is 17.9 Å². The second-order valence-electron chi connectivity index (χ2n) is 6.23. The third-order valence-electron chi connectivity index (χ3n) is 3.33. The Labute approximate surface area is 132 Å². The van der Waals surface area contributed by atoms with Crippen LogP contribution in [0, 0.1) is 0 Å². The monoisotopic (exact) mass is 307 g/mol. The highest BCUT2D eigenvalue weighted by molar-refractivity contribution is 5.78. The highest BCUT2D eigenvalue weighted by Crippen LogP contribution is 2.33. The molecule has 0 saturated heterocycles. The number of nitrogens with zero attached hydrogens (tertiary/aromatic N) is 1. The smallest absolute Gasteiger partial charge is 0.411 e. The zero-order chi connectivity index (χ0) is 17.0. The van der Waals surface area contributed by atoms with Crippen molar-refractivity contribution in [3.8, 4) is 5.75 Å². The zero-order valence-corrected chi connectivity index (χ0v) is 14.2. The Morgan fingerprint density at radius 3 is 2.32 bits per heavy atom. The van der Waals surface area contributed by atoms with E-state index < -0.39 is 17.2 Å². The van der Waals surface area contributed by atoms with Crippen LogP contribution in [0.3, 0.4) is 0 Å². The number of para-hydroxylation sites is 1. The SMILES string of the molecule is CCOc1ccccc1C(C)(C=O)N(C)C(=O)OC(C)(C)C. The Balaban J connectivity index is 3.21. The molecule has 0 fully saturated rings. The predicted molar refractivity (Wildman–Crippen MR) is 85.0 cm³/mol. The van der Waals surface area contributed by atoms with Gasteiger partial charge in [0, 0.05) is 12.6 Å². The topological polar surface area (TPSA) is 55.8 Å². The molecule has 0 N–H and O–H groups in total. The molecule has 1 aromatic rings. The van der Waals surface area contributed by atoms with Crippen LogP contribution in [-0.2, 0) is 15.1 Å². The van der Waals surface area contributed by atoms with Crippen molar-refractivity contribution in [1.82, 2.24) is 4.90 Å². The minimum atomic E-state index is -1.17. The summed E-state index contributed by atoms with van der Waals surface area (Å²) in [7, 11) is 1.55. The Kier molecular flexibility index (Phi) is 5.58. The average Bonchev–Trinajstić information content (AvgIpc) is 2.45. The number of hydrogen-bond acceptors (Lipinski definition) is 4. The largest absolute Gasteiger partial charge is 0.493 e. The van der Waals surface area contributed by atoms with Gasteiger partial charge in [0.2, 0.25) is 0 Å². The Hall–Kier alpha value is -2.04. The lowest BCUT2D eigenvalue weighted by molar-refractivity contribution is -0.117. The minimum absolute atomic E-state index is 0.474. The zero-order valence-electron chi connectivity index (χ0n) is 14.2. The summed E-state index contributed by atoms with van der Waals surface area (Å²) in [6.07, 6.45) is 0.169. The van der Waals surface area contributed by atoms with Gasteiger partial charge in [-0.3, -0.25) is 4.90 Å². The van der Waals surface area contributed by atoms with Crippen molar-refractivity contribution in [2.75, 3.05) is 13.7 Å². The summed E-state index contributed by atoms with van der Waals surface area (Å²) in [6.45, 7) is 9.36. The van der Waals surface area contributed by atoms with E-state index in [1.54, 1.807) is 46.9 Å². The minimum Gasteiger partial charge on any atom is -0.493 e. The summed E-state index contributed by atoms with van der Waals surface area (Å²) < 4.78 is 10.9. The summed E-state index contributed by atoms with van der Waals surface area (Å²) in [5.74, 6) is 0.579. The predicted octanol–water partition coefficient (Wildman–Crippen LogP) is 3.37. The molecule has 0 aliphatic heterocycles. The van der Waals surface area contributed by atoms with Crippen LogP contribution >= 0.6 is 0 Å². The van der Waals surface area contributed by atoms with Crippen LogP contribution in [0.15, 0.2) is 24.3 Å². The first-order valence-corrected chi connectivity index (χ1v) is 7.31. The van der Waals surface area contributed by atoms with Crippen molar-refractivity contribution >= 4 is 12.4 Å². The van der Waals surface area contributed by atoms with Crippen LogP contribution in [0.25, 0.3) is 0 Å². The normalized spacial score (nSPS) is 13.9. The van der Waals surface area contributed by atoms with E-state index >= 15 is 0 Å². The number of carbonyl (C=O) groups is 2. The van der Waals surface area contributed by atoms with Gasteiger partial charge in [-0.15, -0.1) is 0 Å². The maximum Gasteiger partial charge on any atom is 0.411 e. The van der Waals surface area contributed by atoms with Gasteiger partial charge in [0.15, 0.2) is 0 Å². The molecule has 5 nitrogen and oxygen atoms in total. The molecule has 0 aliphatic rings. The van der Waals surface area contributed by atoms with Gasteiger partial charge in [-0.1, -0.05) is 18.2 Å². The third kappa shape index (κ3) is 4.00. The molecule has 0 aliphatic carbocycles. The number of amides is 1. The molecule has 1 rings (SSSR count). The van der Waals surface area contributed by atoms with Crippen molar-refractivity contribution in [3.05, 3.63) is 29.8 Å². The standard InChI is InChI=1S/C17H25NO4/c1-7-21-14-11-9-8-10-13(14)17(5,12-19)18(6)15(20)22-16(2,3)4/h8-12H,7H2,1-6H3. The Bertz CT molecular complexity index is 536. The lowest BCUT2D eigenvalue weighted by atomic mass is 9.91. The number of ether oxygens (including phenoxy) is 2. The fraction of sp³-hybridized carbons (Fsp3) is 0.529. The quantitative estimate of drug-likeness (QED) is 0.783. The van der Waals surface area contributed by atoms with Crippen LogP contribution in [0.4, 0.5) is 4.79 Å². The van der Waals surface area contributed by atoms with E-state index in [-0.39, 0.29) is 0 Å². The van der Waals surface area contributed by atoms with E-state index in [4.69, 9.17) is 9.47 Å². The summed E-state index contributed by atoms with van der Waals surface area (Å²) >= 11 is 0. The first kappa shape index (κ1) is 18.0. The first-order valence-electron chi connectivity index (χ1n) is 7.31. The van der Waals surface area contributed by atoms with Crippen LogP contribution in [0.2, 0.25) is 0 Å². The van der Waals surface area contributed by atoms with Gasteiger partial charge in [-0.25, -0.2) is 4.79 Å². The van der Waals surface area contributed by atoms with Gasteiger partial charge < -0.3 is 14.3 Å². The highest BCUT2D eigenvalue weighted by Gasteiger charge is 2.38. The molecular formula is C17H25NO4. The van der Waals surface area contributed by atoms with Crippen molar-refractivity contribution in [2.24, 2.45) is 0 Å². The lowest BCUT2D eigenvalue weighted by Crippen LogP contribution is -2.48. The summed E-state index contributed by atoms with van der Waals surface area (Å²) in [5, 5.41) is 0. The van der Waals surface area contributed by atoms with Gasteiger partial charge in [0.25, 0.3) is 0 Å². The summed E-state index contributed by atoms with van der Waals surface area (Å²) in [4.78, 5) is 25.4. The van der Waals surface area contributed by atoms with Gasteiger partial charge in [0.05, 0.1) is 6.61 Å². The van der Waals surface area contributed by atoms with Gasteiger partial charge in [-0.2, -0.15) is 0 Å². The van der Waals surface area contributed by atoms with Crippen molar-refractivity contribution in [2.45, 2.75) is 45.8 Å². The number of aldehydes is 1. The van der Waals surface area contributed by atoms with Gasteiger partial charge >= 0.3 is 6.09 Å². The number of benzene rings is 1. The number of hydrogen-bond donors (Lipinski definition) is 0. The van der Waals surface area contributed by atoms with E-state index in [0.717, 1.165) is 6.29 Å². The lowest BCUT2D eigenvalue weighted by Gasteiger charge is -2.36. The van der Waals surface area contributed by atoms with Crippen LogP contribution in [-0.4, -0.2) is 36.5 Å². The van der Waals surface area contributed by atoms with Crippen LogP contribution in [0.5, 0.6) is 5.75 Å². The maximum atomic E-state index is 12.3. The molecule has 0 bridgehead atoms. The van der Waals surface area contributed by atoms with Crippen molar-refractivity contribution in [3.63, 3.8) is 0 Å². The van der Waals surface area contributed by atoms with Crippen molar-refractivity contribution < 1.29 is 19.1 Å². The number of carbonyl (C=O) groups excluding carboxylic acids is 2. The molecule has 22 heavy (non-hydrogen) atoms. The fourth-order valence-electron chi connectivity index (χ4n) is 2.01. The summed E-state index contributed by atoms with van der Waals surface area (Å²) in [5.41, 5.74) is -1.18. The second kappa shape index (κ2) is 6.81. The van der Waals surface area contributed by atoms with E-state index in [2.05, 4.69) is 0 Å². The second-order valence-corrected chi connectivity index (χ2v) is 6.23. The molecule has 1 atom stereocenters. The van der Waals surface area contributed by atoms with Gasteiger partial charge in [-0.05, 0) is 40.7 Å². The Morgan fingerprint density at radius 1 is 1.23 bits per heavy atom. The summed E-state index contributed by atoms with van der Waals surface area (Å²) in [6, 6.07) is 7.19. The Morgan fingerprint density at radius 2 is 1.82 bits per heavy atom.